The number of aliphatic imine (C=N–C) groups is 1. The van der Waals surface area contributed by atoms with Gasteiger partial charge in [0.1, 0.15) is 0 Å². The molecule has 0 saturated heterocycles. The normalized spacial score (nSPS) is 11.2. The fraction of sp³-hybridized carbons (Fsp3) is 0.227. The van der Waals surface area contributed by atoms with Crippen LogP contribution in [-0.2, 0) is 12.8 Å². The van der Waals surface area contributed by atoms with Gasteiger partial charge >= 0.3 is 5.97 Å². The van der Waals surface area contributed by atoms with Crippen LogP contribution in [0.5, 0.6) is 0 Å². The molecule has 1 aromatic heterocycles. The second-order valence-electron chi connectivity index (χ2n) is 6.49. The molecule has 0 unspecified atom stereocenters. The Morgan fingerprint density at radius 3 is 2.50 bits per heavy atom. The van der Waals surface area contributed by atoms with Crippen molar-refractivity contribution in [3.05, 3.63) is 81.3 Å². The molecule has 3 aromatic rings. The molecule has 0 radical (unpaired) electrons. The van der Waals surface area contributed by atoms with Crippen LogP contribution >= 0.6 is 0 Å². The number of carboxylic acids is 1. The van der Waals surface area contributed by atoms with Crippen molar-refractivity contribution in [2.45, 2.75) is 33.1 Å². The molecule has 2 aromatic carbocycles. The Morgan fingerprint density at radius 1 is 1.14 bits per heavy atom. The summed E-state index contributed by atoms with van der Waals surface area (Å²) in [7, 11) is 0. The average molecular weight is 377 g/mol. The monoisotopic (exact) mass is 377 g/mol. The van der Waals surface area contributed by atoms with Gasteiger partial charge in [-0.15, -0.1) is 0 Å². The first kappa shape index (κ1) is 19.4. The number of hydrogen-bond donors (Lipinski definition) is 2. The van der Waals surface area contributed by atoms with E-state index in [-0.39, 0.29) is 11.1 Å². The summed E-state index contributed by atoms with van der Waals surface area (Å²) in [4.78, 5) is 28.6. The molecular weight excluding hydrogens is 354 g/mol. The maximum Gasteiger partial charge on any atom is 0.335 e. The third kappa shape index (κ3) is 3.96. The van der Waals surface area contributed by atoms with E-state index in [0.29, 0.717) is 17.7 Å². The van der Waals surface area contributed by atoms with Gasteiger partial charge in [0.25, 0.3) is 5.56 Å². The van der Waals surface area contributed by atoms with Crippen LogP contribution < -0.4 is 5.56 Å². The summed E-state index contributed by atoms with van der Waals surface area (Å²) < 4.78 is 1.43. The summed E-state index contributed by atoms with van der Waals surface area (Å²) >= 11 is 0. The number of aromatic carboxylic acids is 1. The van der Waals surface area contributed by atoms with Crippen LogP contribution in [0.1, 0.15) is 47.4 Å². The Bertz CT molecular complexity index is 1060. The van der Waals surface area contributed by atoms with Crippen LogP contribution in [0.4, 0.5) is 5.69 Å². The number of carbonyl (C=O) groups is 1. The Labute approximate surface area is 163 Å². The number of hydrogen-bond acceptors (Lipinski definition) is 3. The molecule has 0 aliphatic carbocycles. The van der Waals surface area contributed by atoms with E-state index >= 15 is 0 Å². The van der Waals surface area contributed by atoms with Crippen molar-refractivity contribution in [2.24, 2.45) is 4.99 Å². The first-order chi connectivity index (χ1) is 13.5. The smallest absolute Gasteiger partial charge is 0.335 e. The van der Waals surface area contributed by atoms with Crippen molar-refractivity contribution in [3.63, 3.8) is 0 Å². The SMILES string of the molecule is CCCc1[nH]n(-c2ccc(C(=O)O)cc2)c(=O)c1C=Nc1ccccc1CC. The van der Waals surface area contributed by atoms with Gasteiger partial charge in [0.15, 0.2) is 0 Å². The molecule has 0 aliphatic rings. The third-order valence-electron chi connectivity index (χ3n) is 4.58. The molecule has 3 rings (SSSR count). The standard InChI is InChI=1S/C22H23N3O3/c1-3-7-20-18(14-23-19-9-6-5-8-15(19)4-2)21(26)25(24-20)17-12-10-16(11-13-17)22(27)28/h5-6,8-14,24H,3-4,7H2,1-2H3,(H,27,28). The van der Waals surface area contributed by atoms with Crippen LogP contribution in [0.3, 0.4) is 0 Å². The molecule has 28 heavy (non-hydrogen) atoms. The van der Waals surface area contributed by atoms with E-state index in [2.05, 4.69) is 17.0 Å². The maximum absolute atomic E-state index is 13.0. The minimum atomic E-state index is -1.00. The molecule has 1 heterocycles. The molecule has 0 bridgehead atoms. The topological polar surface area (TPSA) is 87.5 Å². The Morgan fingerprint density at radius 2 is 1.86 bits per heavy atom. The highest BCUT2D eigenvalue weighted by Crippen LogP contribution is 2.19. The fourth-order valence-corrected chi connectivity index (χ4v) is 3.07. The van der Waals surface area contributed by atoms with Crippen molar-refractivity contribution in [1.29, 1.82) is 0 Å². The molecular formula is C22H23N3O3. The number of benzene rings is 2. The fourth-order valence-electron chi connectivity index (χ4n) is 3.07. The van der Waals surface area contributed by atoms with Crippen molar-refractivity contribution in [2.75, 3.05) is 0 Å². The number of rotatable bonds is 7. The van der Waals surface area contributed by atoms with E-state index in [9.17, 15) is 9.59 Å². The summed E-state index contributed by atoms with van der Waals surface area (Å²) in [5, 5.41) is 12.2. The van der Waals surface area contributed by atoms with Crippen molar-refractivity contribution >= 4 is 17.9 Å². The molecule has 6 nitrogen and oxygen atoms in total. The molecule has 0 atom stereocenters. The molecule has 0 amide bonds. The summed E-state index contributed by atoms with van der Waals surface area (Å²) in [6.07, 6.45) is 4.08. The lowest BCUT2D eigenvalue weighted by atomic mass is 10.1. The van der Waals surface area contributed by atoms with Gasteiger partial charge in [-0.05, 0) is 48.7 Å². The molecule has 0 aliphatic heterocycles. The van der Waals surface area contributed by atoms with Crippen LogP contribution in [0.2, 0.25) is 0 Å². The zero-order valence-corrected chi connectivity index (χ0v) is 16.0. The maximum atomic E-state index is 13.0. The minimum Gasteiger partial charge on any atom is -0.478 e. The van der Waals surface area contributed by atoms with Crippen molar-refractivity contribution in [3.8, 4) is 5.69 Å². The third-order valence-corrected chi connectivity index (χ3v) is 4.58. The zero-order valence-electron chi connectivity index (χ0n) is 16.0. The first-order valence-electron chi connectivity index (χ1n) is 9.34. The number of nitrogens with one attached hydrogen (secondary N) is 1. The van der Waals surface area contributed by atoms with E-state index in [1.165, 1.54) is 16.8 Å². The van der Waals surface area contributed by atoms with Gasteiger partial charge in [0.05, 0.1) is 22.5 Å². The summed E-state index contributed by atoms with van der Waals surface area (Å²) in [6, 6.07) is 14.1. The second kappa shape index (κ2) is 8.52. The van der Waals surface area contributed by atoms with Crippen LogP contribution in [0.15, 0.2) is 58.3 Å². The lowest BCUT2D eigenvalue weighted by molar-refractivity contribution is 0.0697. The lowest BCUT2D eigenvalue weighted by Crippen LogP contribution is -2.17. The number of aryl methyl sites for hydroxylation is 2. The van der Waals surface area contributed by atoms with Gasteiger partial charge in [0.2, 0.25) is 0 Å². The minimum absolute atomic E-state index is 0.176. The Hall–Kier alpha value is -3.41. The van der Waals surface area contributed by atoms with Crippen molar-refractivity contribution in [1.82, 2.24) is 9.78 Å². The number of carboxylic acid groups (broad SMARTS) is 1. The van der Waals surface area contributed by atoms with Crippen molar-refractivity contribution < 1.29 is 9.90 Å². The van der Waals surface area contributed by atoms with E-state index in [0.717, 1.165) is 29.8 Å². The first-order valence-corrected chi connectivity index (χ1v) is 9.34. The van der Waals surface area contributed by atoms with Gasteiger partial charge in [-0.1, -0.05) is 38.5 Å². The average Bonchev–Trinajstić information content (AvgIpc) is 3.02. The predicted molar refractivity (Wildman–Crippen MR) is 110 cm³/mol. The summed E-state index contributed by atoms with van der Waals surface area (Å²) in [6.45, 7) is 4.12. The second-order valence-corrected chi connectivity index (χ2v) is 6.49. The van der Waals surface area contributed by atoms with E-state index in [4.69, 9.17) is 5.11 Å². The van der Waals surface area contributed by atoms with E-state index in [1.807, 2.05) is 31.2 Å². The molecule has 0 saturated carbocycles. The molecule has 6 heteroatoms. The molecule has 2 N–H and O–H groups in total. The van der Waals surface area contributed by atoms with E-state index in [1.54, 1.807) is 18.3 Å². The molecule has 0 fully saturated rings. The number of aromatic amines is 1. The highest BCUT2D eigenvalue weighted by molar-refractivity contribution is 5.87. The highest BCUT2D eigenvalue weighted by atomic mass is 16.4. The number of H-pyrrole nitrogens is 1. The molecule has 144 valence electrons. The van der Waals surface area contributed by atoms with Crippen LogP contribution in [0, 0.1) is 0 Å². The molecule has 0 spiro atoms. The quantitative estimate of drug-likeness (QED) is 0.607. The van der Waals surface area contributed by atoms with E-state index < -0.39 is 5.97 Å². The van der Waals surface area contributed by atoms with Gasteiger partial charge in [-0.25, -0.2) is 9.48 Å². The van der Waals surface area contributed by atoms with Gasteiger partial charge < -0.3 is 5.11 Å². The number of para-hydroxylation sites is 1. The largest absolute Gasteiger partial charge is 0.478 e. The van der Waals surface area contributed by atoms with Gasteiger partial charge in [0, 0.05) is 11.9 Å². The Kier molecular flexibility index (Phi) is 5.89. The summed E-state index contributed by atoms with van der Waals surface area (Å²) in [5.74, 6) is -1.00. The Balaban J connectivity index is 2.03. The predicted octanol–water partition coefficient (Wildman–Crippen LogP) is 4.13. The van der Waals surface area contributed by atoms with Gasteiger partial charge in [-0.3, -0.25) is 14.9 Å². The lowest BCUT2D eigenvalue weighted by Gasteiger charge is -2.02. The number of nitrogens with zero attached hydrogens (tertiary/aromatic N) is 2. The van der Waals surface area contributed by atoms with Crippen LogP contribution in [-0.4, -0.2) is 27.1 Å². The zero-order chi connectivity index (χ0) is 20.1. The number of aromatic nitrogens is 2. The summed E-state index contributed by atoms with van der Waals surface area (Å²) in [5.41, 5.74) is 3.87. The van der Waals surface area contributed by atoms with Gasteiger partial charge in [-0.2, -0.15) is 0 Å². The highest BCUT2D eigenvalue weighted by Gasteiger charge is 2.14. The van der Waals surface area contributed by atoms with Crippen LogP contribution in [0.25, 0.3) is 5.69 Å².